The maximum absolute atomic E-state index is 5.67. The fraction of sp³-hybridized carbons (Fsp3) is 0.375. The van der Waals surface area contributed by atoms with Crippen LogP contribution in [-0.4, -0.2) is 31.1 Å². The van der Waals surface area contributed by atoms with Gasteiger partial charge in [-0.15, -0.1) is 0 Å². The average molecular weight is 256 g/mol. The second kappa shape index (κ2) is 5.59. The van der Waals surface area contributed by atoms with Crippen LogP contribution < -0.4 is 5.32 Å². The van der Waals surface area contributed by atoms with Gasteiger partial charge in [-0.2, -0.15) is 0 Å². The van der Waals surface area contributed by atoms with E-state index in [1.165, 1.54) is 12.0 Å². The lowest BCUT2D eigenvalue weighted by Crippen LogP contribution is -2.32. The number of hydrogen-bond donors (Lipinski definition) is 1. The van der Waals surface area contributed by atoms with Gasteiger partial charge >= 0.3 is 0 Å². The fourth-order valence-corrected chi connectivity index (χ4v) is 2.89. The largest absolute Gasteiger partial charge is 0.467 e. The van der Waals surface area contributed by atoms with Crippen LogP contribution in [0.2, 0.25) is 0 Å². The Morgan fingerprint density at radius 1 is 1.21 bits per heavy atom. The Hall–Kier alpha value is -1.58. The molecule has 1 aromatic carbocycles. The Labute approximate surface area is 114 Å². The molecule has 3 rings (SSSR count). The summed E-state index contributed by atoms with van der Waals surface area (Å²) in [5, 5.41) is 3.37. The molecule has 2 atom stereocenters. The molecule has 1 aliphatic rings. The number of hydrogen-bond acceptors (Lipinski definition) is 3. The lowest BCUT2D eigenvalue weighted by atomic mass is 10.0. The van der Waals surface area contributed by atoms with Crippen LogP contribution in [0.5, 0.6) is 0 Å². The summed E-state index contributed by atoms with van der Waals surface area (Å²) in [4.78, 5) is 2.50. The van der Waals surface area contributed by atoms with Gasteiger partial charge in [0.2, 0.25) is 0 Å². The molecule has 2 unspecified atom stereocenters. The number of likely N-dealkylation sites (tertiary alicyclic amines) is 1. The van der Waals surface area contributed by atoms with Crippen molar-refractivity contribution in [2.24, 2.45) is 0 Å². The standard InChI is InChI=1S/C16H20N2O/c1-17-14-9-10-18(12-14)16(15-8-5-11-19-15)13-6-3-2-4-7-13/h2-8,11,14,16-17H,9-10,12H2,1H3. The number of nitrogens with zero attached hydrogens (tertiary/aromatic N) is 1. The third kappa shape index (κ3) is 2.57. The molecule has 0 saturated carbocycles. The zero-order valence-corrected chi connectivity index (χ0v) is 11.3. The zero-order valence-electron chi connectivity index (χ0n) is 11.3. The van der Waals surface area contributed by atoms with E-state index in [1.807, 2.05) is 13.1 Å². The molecular weight excluding hydrogens is 236 g/mol. The number of likely N-dealkylation sites (N-methyl/N-ethyl adjacent to an activating group) is 1. The van der Waals surface area contributed by atoms with Crippen LogP contribution >= 0.6 is 0 Å². The maximum atomic E-state index is 5.67. The first-order valence-corrected chi connectivity index (χ1v) is 6.88. The van der Waals surface area contributed by atoms with E-state index in [0.717, 1.165) is 18.8 Å². The molecule has 1 aromatic heterocycles. The lowest BCUT2D eigenvalue weighted by molar-refractivity contribution is 0.244. The minimum absolute atomic E-state index is 0.231. The SMILES string of the molecule is CNC1CCN(C(c2ccccc2)c2ccco2)C1. The van der Waals surface area contributed by atoms with Gasteiger partial charge in [0, 0.05) is 19.1 Å². The summed E-state index contributed by atoms with van der Waals surface area (Å²) in [6.45, 7) is 2.17. The lowest BCUT2D eigenvalue weighted by Gasteiger charge is -2.26. The second-order valence-electron chi connectivity index (χ2n) is 5.10. The molecule has 3 heteroatoms. The quantitative estimate of drug-likeness (QED) is 0.911. The maximum Gasteiger partial charge on any atom is 0.125 e. The van der Waals surface area contributed by atoms with Gasteiger partial charge in [-0.05, 0) is 31.2 Å². The monoisotopic (exact) mass is 256 g/mol. The van der Waals surface area contributed by atoms with Crippen molar-refractivity contribution in [1.29, 1.82) is 0 Å². The van der Waals surface area contributed by atoms with Gasteiger partial charge < -0.3 is 9.73 Å². The van der Waals surface area contributed by atoms with E-state index in [1.54, 1.807) is 6.26 Å². The van der Waals surface area contributed by atoms with E-state index in [2.05, 4.69) is 46.6 Å². The number of furan rings is 1. The molecule has 3 nitrogen and oxygen atoms in total. The fourth-order valence-electron chi connectivity index (χ4n) is 2.89. The molecule has 0 radical (unpaired) electrons. The highest BCUT2D eigenvalue weighted by molar-refractivity contribution is 5.27. The Bertz CT molecular complexity index is 495. The van der Waals surface area contributed by atoms with Crippen LogP contribution in [-0.2, 0) is 0 Å². The summed E-state index contributed by atoms with van der Waals surface area (Å²) in [7, 11) is 2.04. The van der Waals surface area contributed by atoms with Crippen LogP contribution in [0.3, 0.4) is 0 Å². The van der Waals surface area contributed by atoms with Gasteiger partial charge in [-0.3, -0.25) is 4.90 Å². The van der Waals surface area contributed by atoms with Crippen molar-refractivity contribution in [3.05, 3.63) is 60.1 Å². The van der Waals surface area contributed by atoms with Crippen LogP contribution in [0.25, 0.3) is 0 Å². The molecule has 1 N–H and O–H groups in total. The number of nitrogens with one attached hydrogen (secondary N) is 1. The molecular formula is C16H20N2O. The predicted molar refractivity (Wildman–Crippen MR) is 76.0 cm³/mol. The predicted octanol–water partition coefficient (Wildman–Crippen LogP) is 2.66. The van der Waals surface area contributed by atoms with E-state index >= 15 is 0 Å². The molecule has 0 spiro atoms. The van der Waals surface area contributed by atoms with Gasteiger partial charge in [-0.25, -0.2) is 0 Å². The second-order valence-corrected chi connectivity index (χ2v) is 5.10. The zero-order chi connectivity index (χ0) is 13.1. The summed E-state index contributed by atoms with van der Waals surface area (Å²) in [6.07, 6.45) is 2.96. The third-order valence-electron chi connectivity index (χ3n) is 3.92. The van der Waals surface area contributed by atoms with E-state index in [-0.39, 0.29) is 6.04 Å². The summed E-state index contributed by atoms with van der Waals surface area (Å²) >= 11 is 0. The normalized spacial score (nSPS) is 21.6. The van der Waals surface area contributed by atoms with Crippen molar-refractivity contribution >= 4 is 0 Å². The van der Waals surface area contributed by atoms with Crippen LogP contribution in [0.1, 0.15) is 23.8 Å². The molecule has 0 amide bonds. The van der Waals surface area contributed by atoms with Crippen molar-refractivity contribution in [2.45, 2.75) is 18.5 Å². The Balaban J connectivity index is 1.90. The van der Waals surface area contributed by atoms with Crippen LogP contribution in [0.15, 0.2) is 53.1 Å². The third-order valence-corrected chi connectivity index (χ3v) is 3.92. The topological polar surface area (TPSA) is 28.4 Å². The highest BCUT2D eigenvalue weighted by atomic mass is 16.3. The van der Waals surface area contributed by atoms with Crippen molar-refractivity contribution < 1.29 is 4.42 Å². The van der Waals surface area contributed by atoms with Gasteiger partial charge in [0.1, 0.15) is 5.76 Å². The number of benzene rings is 1. The minimum atomic E-state index is 0.231. The van der Waals surface area contributed by atoms with Gasteiger partial charge in [-0.1, -0.05) is 30.3 Å². The van der Waals surface area contributed by atoms with Crippen LogP contribution in [0.4, 0.5) is 0 Å². The first kappa shape index (κ1) is 12.5. The smallest absolute Gasteiger partial charge is 0.125 e. The van der Waals surface area contributed by atoms with E-state index in [0.29, 0.717) is 6.04 Å². The van der Waals surface area contributed by atoms with E-state index in [4.69, 9.17) is 4.42 Å². The van der Waals surface area contributed by atoms with Crippen LogP contribution in [0, 0.1) is 0 Å². The van der Waals surface area contributed by atoms with Gasteiger partial charge in [0.05, 0.1) is 12.3 Å². The Morgan fingerprint density at radius 3 is 2.68 bits per heavy atom. The molecule has 1 fully saturated rings. The van der Waals surface area contributed by atoms with Crippen molar-refractivity contribution in [3.63, 3.8) is 0 Å². The molecule has 0 bridgehead atoms. The van der Waals surface area contributed by atoms with Gasteiger partial charge in [0.15, 0.2) is 0 Å². The van der Waals surface area contributed by atoms with Crippen molar-refractivity contribution in [1.82, 2.24) is 10.2 Å². The molecule has 2 aromatic rings. The summed E-state index contributed by atoms with van der Waals surface area (Å²) in [6, 6.07) is 15.5. The first-order chi connectivity index (χ1) is 9.38. The van der Waals surface area contributed by atoms with Crippen molar-refractivity contribution in [2.75, 3.05) is 20.1 Å². The molecule has 0 aliphatic carbocycles. The summed E-state index contributed by atoms with van der Waals surface area (Å²) in [5.41, 5.74) is 1.30. The minimum Gasteiger partial charge on any atom is -0.467 e. The molecule has 100 valence electrons. The van der Waals surface area contributed by atoms with Crippen molar-refractivity contribution in [3.8, 4) is 0 Å². The molecule has 19 heavy (non-hydrogen) atoms. The van der Waals surface area contributed by atoms with E-state index < -0.39 is 0 Å². The molecule has 1 aliphatic heterocycles. The Morgan fingerprint density at radius 2 is 2.05 bits per heavy atom. The molecule has 2 heterocycles. The summed E-state index contributed by atoms with van der Waals surface area (Å²) < 4.78 is 5.67. The highest BCUT2D eigenvalue weighted by Gasteiger charge is 2.30. The molecule has 1 saturated heterocycles. The number of rotatable bonds is 4. The van der Waals surface area contributed by atoms with E-state index in [9.17, 15) is 0 Å². The van der Waals surface area contributed by atoms with Gasteiger partial charge in [0.25, 0.3) is 0 Å². The highest BCUT2D eigenvalue weighted by Crippen LogP contribution is 2.31. The first-order valence-electron chi connectivity index (χ1n) is 6.88. The Kier molecular flexibility index (Phi) is 3.67. The summed E-state index contributed by atoms with van der Waals surface area (Å²) in [5.74, 6) is 1.03. The average Bonchev–Trinajstić information content (AvgIpc) is 3.12.